The van der Waals surface area contributed by atoms with Crippen LogP contribution in [-0.2, 0) is 0 Å². The fourth-order valence-corrected chi connectivity index (χ4v) is 1.39. The first-order chi connectivity index (χ1) is 5.11. The first-order valence-corrected chi connectivity index (χ1v) is 4.79. The molecule has 68 valence electrons. The van der Waals surface area contributed by atoms with Crippen molar-refractivity contribution in [3.8, 4) is 0 Å². The van der Waals surface area contributed by atoms with Gasteiger partial charge in [0.2, 0.25) is 0 Å². The van der Waals surface area contributed by atoms with E-state index in [9.17, 15) is 5.11 Å². The molecule has 0 aromatic heterocycles. The second-order valence-corrected chi connectivity index (χ2v) is 3.66. The summed E-state index contributed by atoms with van der Waals surface area (Å²) in [6.07, 6.45) is 3.37. The molecule has 0 heterocycles. The van der Waals surface area contributed by atoms with Gasteiger partial charge in [0.25, 0.3) is 0 Å². The lowest BCUT2D eigenvalue weighted by molar-refractivity contribution is 0.107. The van der Waals surface area contributed by atoms with Crippen LogP contribution < -0.4 is 0 Å². The molecule has 3 atom stereocenters. The zero-order chi connectivity index (χ0) is 8.85. The van der Waals surface area contributed by atoms with E-state index >= 15 is 0 Å². The average molecular weight is 158 g/mol. The molecule has 0 saturated heterocycles. The van der Waals surface area contributed by atoms with E-state index in [1.807, 2.05) is 6.92 Å². The second-order valence-electron chi connectivity index (χ2n) is 3.66. The van der Waals surface area contributed by atoms with Crippen LogP contribution in [0.1, 0.15) is 47.0 Å². The van der Waals surface area contributed by atoms with Crippen molar-refractivity contribution in [3.63, 3.8) is 0 Å². The molecule has 0 amide bonds. The average Bonchev–Trinajstić information content (AvgIpc) is 1.99. The van der Waals surface area contributed by atoms with Gasteiger partial charge < -0.3 is 5.11 Å². The molecule has 1 heteroatoms. The lowest BCUT2D eigenvalue weighted by Crippen LogP contribution is -2.18. The van der Waals surface area contributed by atoms with Crippen LogP contribution in [0.5, 0.6) is 0 Å². The molecule has 0 fully saturated rings. The van der Waals surface area contributed by atoms with Gasteiger partial charge in [0, 0.05) is 0 Å². The zero-order valence-electron chi connectivity index (χ0n) is 8.30. The van der Waals surface area contributed by atoms with Crippen LogP contribution in [0, 0.1) is 11.8 Å². The van der Waals surface area contributed by atoms with Crippen molar-refractivity contribution in [2.45, 2.75) is 53.1 Å². The predicted octanol–water partition coefficient (Wildman–Crippen LogP) is 2.83. The third kappa shape index (κ3) is 4.41. The number of hydrogen-bond donors (Lipinski definition) is 1. The number of hydrogen-bond acceptors (Lipinski definition) is 1. The number of aliphatic hydroxyl groups excluding tert-OH is 1. The standard InChI is InChI=1S/C10H22O/c1-5-8(3)7-10(6-2)9(4)11/h8-11H,5-7H2,1-4H3. The Morgan fingerprint density at radius 3 is 1.91 bits per heavy atom. The predicted molar refractivity (Wildman–Crippen MR) is 49.5 cm³/mol. The Hall–Kier alpha value is -0.0400. The molecule has 0 aliphatic carbocycles. The van der Waals surface area contributed by atoms with E-state index in [-0.39, 0.29) is 6.10 Å². The van der Waals surface area contributed by atoms with E-state index < -0.39 is 0 Å². The third-order valence-electron chi connectivity index (χ3n) is 2.61. The minimum Gasteiger partial charge on any atom is -0.393 e. The molecule has 0 aliphatic heterocycles. The minimum absolute atomic E-state index is 0.131. The molecule has 1 nitrogen and oxygen atoms in total. The fourth-order valence-electron chi connectivity index (χ4n) is 1.39. The summed E-state index contributed by atoms with van der Waals surface area (Å²) in [6, 6.07) is 0. The molecular weight excluding hydrogens is 136 g/mol. The molecule has 0 spiro atoms. The van der Waals surface area contributed by atoms with Gasteiger partial charge >= 0.3 is 0 Å². The monoisotopic (exact) mass is 158 g/mol. The summed E-state index contributed by atoms with van der Waals surface area (Å²) in [7, 11) is 0. The highest BCUT2D eigenvalue weighted by molar-refractivity contribution is 4.65. The van der Waals surface area contributed by atoms with Gasteiger partial charge in [-0.1, -0.05) is 33.6 Å². The van der Waals surface area contributed by atoms with Crippen molar-refractivity contribution >= 4 is 0 Å². The Bertz CT molecular complexity index is 88.9. The van der Waals surface area contributed by atoms with Crippen LogP contribution in [0.3, 0.4) is 0 Å². The highest BCUT2D eigenvalue weighted by atomic mass is 16.3. The summed E-state index contributed by atoms with van der Waals surface area (Å²) in [5.74, 6) is 1.26. The summed E-state index contributed by atoms with van der Waals surface area (Å²) < 4.78 is 0. The van der Waals surface area contributed by atoms with E-state index in [1.54, 1.807) is 0 Å². The van der Waals surface area contributed by atoms with Gasteiger partial charge in [0.15, 0.2) is 0 Å². The zero-order valence-corrected chi connectivity index (χ0v) is 8.30. The second kappa shape index (κ2) is 5.59. The van der Waals surface area contributed by atoms with E-state index in [0.29, 0.717) is 5.92 Å². The van der Waals surface area contributed by atoms with Crippen LogP contribution in [-0.4, -0.2) is 11.2 Å². The smallest absolute Gasteiger partial charge is 0.0540 e. The van der Waals surface area contributed by atoms with Gasteiger partial charge in [0.1, 0.15) is 0 Å². The van der Waals surface area contributed by atoms with Crippen molar-refractivity contribution in [2.75, 3.05) is 0 Å². The normalized spacial score (nSPS) is 19.4. The summed E-state index contributed by atoms with van der Waals surface area (Å²) in [4.78, 5) is 0. The molecule has 0 bridgehead atoms. The summed E-state index contributed by atoms with van der Waals surface area (Å²) >= 11 is 0. The van der Waals surface area contributed by atoms with Crippen LogP contribution in [0.2, 0.25) is 0 Å². The van der Waals surface area contributed by atoms with Crippen molar-refractivity contribution in [3.05, 3.63) is 0 Å². The Labute approximate surface area is 70.8 Å². The first-order valence-electron chi connectivity index (χ1n) is 4.79. The molecule has 1 N–H and O–H groups in total. The lowest BCUT2D eigenvalue weighted by atomic mass is 9.89. The molecule has 0 rings (SSSR count). The summed E-state index contributed by atoms with van der Waals surface area (Å²) in [5, 5.41) is 9.36. The van der Waals surface area contributed by atoms with E-state index in [2.05, 4.69) is 20.8 Å². The van der Waals surface area contributed by atoms with Crippen molar-refractivity contribution < 1.29 is 5.11 Å². The molecule has 11 heavy (non-hydrogen) atoms. The van der Waals surface area contributed by atoms with E-state index in [1.165, 1.54) is 12.8 Å². The molecule has 0 aromatic rings. The summed E-state index contributed by atoms with van der Waals surface area (Å²) in [5.41, 5.74) is 0. The van der Waals surface area contributed by atoms with Gasteiger partial charge in [-0.3, -0.25) is 0 Å². The maximum atomic E-state index is 9.36. The van der Waals surface area contributed by atoms with E-state index in [4.69, 9.17) is 0 Å². The van der Waals surface area contributed by atoms with Gasteiger partial charge in [-0.15, -0.1) is 0 Å². The molecule has 0 saturated carbocycles. The van der Waals surface area contributed by atoms with Crippen molar-refractivity contribution in [2.24, 2.45) is 11.8 Å². The highest BCUT2D eigenvalue weighted by Crippen LogP contribution is 2.20. The van der Waals surface area contributed by atoms with Crippen molar-refractivity contribution in [1.82, 2.24) is 0 Å². The molecule has 0 radical (unpaired) electrons. The van der Waals surface area contributed by atoms with Gasteiger partial charge in [-0.05, 0) is 25.2 Å². The fraction of sp³-hybridized carbons (Fsp3) is 1.00. The lowest BCUT2D eigenvalue weighted by Gasteiger charge is -2.21. The van der Waals surface area contributed by atoms with E-state index in [0.717, 1.165) is 12.3 Å². The van der Waals surface area contributed by atoms with Gasteiger partial charge in [-0.2, -0.15) is 0 Å². The topological polar surface area (TPSA) is 20.2 Å². The van der Waals surface area contributed by atoms with Gasteiger partial charge in [0.05, 0.1) is 6.10 Å². The number of rotatable bonds is 5. The largest absolute Gasteiger partial charge is 0.393 e. The maximum absolute atomic E-state index is 9.36. The highest BCUT2D eigenvalue weighted by Gasteiger charge is 2.14. The number of aliphatic hydroxyl groups is 1. The molecule has 3 unspecified atom stereocenters. The molecular formula is C10H22O. The Morgan fingerprint density at radius 1 is 1.09 bits per heavy atom. The first kappa shape index (κ1) is 11.0. The SMILES string of the molecule is CCC(C)CC(CC)C(C)O. The van der Waals surface area contributed by atoms with Crippen LogP contribution in [0.15, 0.2) is 0 Å². The summed E-state index contributed by atoms with van der Waals surface area (Å²) in [6.45, 7) is 8.51. The maximum Gasteiger partial charge on any atom is 0.0540 e. The quantitative estimate of drug-likeness (QED) is 0.652. The van der Waals surface area contributed by atoms with Crippen LogP contribution >= 0.6 is 0 Å². The molecule has 0 aliphatic rings. The van der Waals surface area contributed by atoms with Crippen molar-refractivity contribution in [1.29, 1.82) is 0 Å². The molecule has 0 aromatic carbocycles. The van der Waals surface area contributed by atoms with Crippen LogP contribution in [0.4, 0.5) is 0 Å². The van der Waals surface area contributed by atoms with Crippen LogP contribution in [0.25, 0.3) is 0 Å². The Kier molecular flexibility index (Phi) is 5.57. The van der Waals surface area contributed by atoms with Gasteiger partial charge in [-0.25, -0.2) is 0 Å². The Balaban J connectivity index is 3.68. The Morgan fingerprint density at radius 2 is 1.64 bits per heavy atom. The minimum atomic E-state index is -0.131. The third-order valence-corrected chi connectivity index (χ3v) is 2.61.